The number of carboxylic acid groups (broad SMARTS) is 1. The number of likely N-dealkylation sites (tertiary alicyclic amines) is 1. The predicted molar refractivity (Wildman–Crippen MR) is 85.5 cm³/mol. The molecule has 0 saturated carbocycles. The fourth-order valence-corrected chi connectivity index (χ4v) is 3.27. The number of methoxy groups -OCH3 is 1. The second kappa shape index (κ2) is 6.32. The van der Waals surface area contributed by atoms with Crippen LogP contribution in [-0.4, -0.2) is 46.6 Å². The summed E-state index contributed by atoms with van der Waals surface area (Å²) in [6, 6.07) is 5.52. The van der Waals surface area contributed by atoms with Gasteiger partial charge in [0.1, 0.15) is 5.75 Å². The summed E-state index contributed by atoms with van der Waals surface area (Å²) in [5.74, 6) is -0.125. The van der Waals surface area contributed by atoms with E-state index in [1.165, 1.54) is 0 Å². The number of amides is 1. The molecule has 2 N–H and O–H groups in total. The Balaban J connectivity index is 1.78. The van der Waals surface area contributed by atoms with E-state index in [1.807, 2.05) is 24.4 Å². The number of carbonyl (C=O) groups excluding carboxylic acids is 1. The number of benzene rings is 1. The molecule has 2 aromatic rings. The molecule has 6 heteroatoms. The van der Waals surface area contributed by atoms with Crippen molar-refractivity contribution >= 4 is 22.8 Å². The molecule has 6 nitrogen and oxygen atoms in total. The lowest BCUT2D eigenvalue weighted by Gasteiger charge is -2.23. The van der Waals surface area contributed by atoms with Crippen LogP contribution in [-0.2, 0) is 16.0 Å². The minimum Gasteiger partial charge on any atom is -0.497 e. The Bertz CT molecular complexity index is 737. The lowest BCUT2D eigenvalue weighted by atomic mass is 10.1. The SMILES string of the molecule is COc1ccc2[nH]cc(CC(=O)N3CCCC3CC(=O)O)c2c1. The highest BCUT2D eigenvalue weighted by Gasteiger charge is 2.30. The maximum absolute atomic E-state index is 12.6. The smallest absolute Gasteiger partial charge is 0.305 e. The Morgan fingerprint density at radius 3 is 3.00 bits per heavy atom. The van der Waals surface area contributed by atoms with E-state index in [9.17, 15) is 9.59 Å². The van der Waals surface area contributed by atoms with Crippen molar-refractivity contribution in [2.24, 2.45) is 0 Å². The standard InChI is InChI=1S/C17H20N2O4/c1-23-13-4-5-15-14(9-13)11(10-18-15)7-16(20)19-6-2-3-12(19)8-17(21)22/h4-5,9-10,12,18H,2-3,6-8H2,1H3,(H,21,22). The first-order valence-corrected chi connectivity index (χ1v) is 7.73. The number of carbonyl (C=O) groups is 2. The molecule has 23 heavy (non-hydrogen) atoms. The number of ether oxygens (including phenoxy) is 1. The van der Waals surface area contributed by atoms with E-state index in [1.54, 1.807) is 12.0 Å². The van der Waals surface area contributed by atoms with Crippen LogP contribution in [0.5, 0.6) is 5.75 Å². The van der Waals surface area contributed by atoms with Gasteiger partial charge >= 0.3 is 5.97 Å². The van der Waals surface area contributed by atoms with Crippen LogP contribution in [0.2, 0.25) is 0 Å². The van der Waals surface area contributed by atoms with Gasteiger partial charge in [-0.1, -0.05) is 0 Å². The molecule has 1 fully saturated rings. The molecular formula is C17H20N2O4. The van der Waals surface area contributed by atoms with Crippen molar-refractivity contribution in [3.63, 3.8) is 0 Å². The molecule has 1 aromatic carbocycles. The Labute approximate surface area is 134 Å². The van der Waals surface area contributed by atoms with Crippen molar-refractivity contribution < 1.29 is 19.4 Å². The van der Waals surface area contributed by atoms with Crippen molar-refractivity contribution in [3.05, 3.63) is 30.0 Å². The number of aromatic amines is 1. The van der Waals surface area contributed by atoms with Gasteiger partial charge in [-0.05, 0) is 36.6 Å². The normalized spacial score (nSPS) is 17.6. The molecule has 1 aromatic heterocycles. The lowest BCUT2D eigenvalue weighted by molar-refractivity contribution is -0.139. The van der Waals surface area contributed by atoms with E-state index >= 15 is 0 Å². The van der Waals surface area contributed by atoms with Crippen LogP contribution in [0.4, 0.5) is 0 Å². The quantitative estimate of drug-likeness (QED) is 0.886. The fourth-order valence-electron chi connectivity index (χ4n) is 3.27. The third kappa shape index (κ3) is 3.16. The molecule has 1 aliphatic heterocycles. The number of aromatic nitrogens is 1. The van der Waals surface area contributed by atoms with Gasteiger partial charge in [0, 0.05) is 29.7 Å². The van der Waals surface area contributed by atoms with Crippen LogP contribution >= 0.6 is 0 Å². The molecule has 1 saturated heterocycles. The minimum atomic E-state index is -0.855. The van der Waals surface area contributed by atoms with Gasteiger partial charge in [-0.3, -0.25) is 9.59 Å². The van der Waals surface area contributed by atoms with Gasteiger partial charge < -0.3 is 19.7 Å². The zero-order chi connectivity index (χ0) is 16.4. The van der Waals surface area contributed by atoms with E-state index in [-0.39, 0.29) is 24.8 Å². The molecule has 1 aliphatic rings. The first-order chi connectivity index (χ1) is 11.1. The molecular weight excluding hydrogens is 296 g/mol. The van der Waals surface area contributed by atoms with Gasteiger partial charge in [0.2, 0.25) is 5.91 Å². The summed E-state index contributed by atoms with van der Waals surface area (Å²) < 4.78 is 5.24. The molecule has 1 atom stereocenters. The van der Waals surface area contributed by atoms with Crippen LogP contribution in [0.15, 0.2) is 24.4 Å². The van der Waals surface area contributed by atoms with E-state index in [0.29, 0.717) is 6.54 Å². The molecule has 2 heterocycles. The molecule has 3 rings (SSSR count). The average Bonchev–Trinajstić information content (AvgIpc) is 3.13. The van der Waals surface area contributed by atoms with Crippen molar-refractivity contribution in [3.8, 4) is 5.75 Å². The number of carboxylic acids is 1. The van der Waals surface area contributed by atoms with E-state index in [2.05, 4.69) is 4.98 Å². The number of nitrogens with zero attached hydrogens (tertiary/aromatic N) is 1. The Morgan fingerprint density at radius 2 is 2.26 bits per heavy atom. The second-order valence-electron chi connectivity index (χ2n) is 5.88. The number of aliphatic carboxylic acids is 1. The van der Waals surface area contributed by atoms with Gasteiger partial charge in [0.25, 0.3) is 0 Å². The summed E-state index contributed by atoms with van der Waals surface area (Å²) >= 11 is 0. The maximum Gasteiger partial charge on any atom is 0.305 e. The Hall–Kier alpha value is -2.50. The van der Waals surface area contributed by atoms with Gasteiger partial charge in [-0.2, -0.15) is 0 Å². The predicted octanol–water partition coefficient (Wildman–Crippen LogP) is 2.18. The number of hydrogen-bond donors (Lipinski definition) is 2. The van der Waals surface area contributed by atoms with Crippen LogP contribution in [0.25, 0.3) is 10.9 Å². The second-order valence-corrected chi connectivity index (χ2v) is 5.88. The number of rotatable bonds is 5. The number of fused-ring (bicyclic) bond motifs is 1. The zero-order valence-electron chi connectivity index (χ0n) is 13.0. The highest BCUT2D eigenvalue weighted by molar-refractivity contribution is 5.90. The number of nitrogens with one attached hydrogen (secondary N) is 1. The Kier molecular flexibility index (Phi) is 4.23. The van der Waals surface area contributed by atoms with Gasteiger partial charge in [0.05, 0.1) is 20.0 Å². The number of H-pyrrole nitrogens is 1. The minimum absolute atomic E-state index is 0.0162. The number of hydrogen-bond acceptors (Lipinski definition) is 3. The average molecular weight is 316 g/mol. The van der Waals surface area contributed by atoms with Crippen LogP contribution < -0.4 is 4.74 Å². The summed E-state index contributed by atoms with van der Waals surface area (Å²) in [4.78, 5) is 28.4. The molecule has 0 spiro atoms. The van der Waals surface area contributed by atoms with Gasteiger partial charge in [-0.25, -0.2) is 0 Å². The molecule has 0 bridgehead atoms. The van der Waals surface area contributed by atoms with E-state index in [4.69, 9.17) is 9.84 Å². The molecule has 0 aliphatic carbocycles. The van der Waals surface area contributed by atoms with Crippen molar-refractivity contribution in [2.45, 2.75) is 31.7 Å². The third-order valence-corrected chi connectivity index (χ3v) is 4.42. The molecule has 0 radical (unpaired) electrons. The van der Waals surface area contributed by atoms with Gasteiger partial charge in [-0.15, -0.1) is 0 Å². The highest BCUT2D eigenvalue weighted by atomic mass is 16.5. The van der Waals surface area contributed by atoms with Gasteiger partial charge in [0.15, 0.2) is 0 Å². The molecule has 1 unspecified atom stereocenters. The van der Waals surface area contributed by atoms with E-state index in [0.717, 1.165) is 35.1 Å². The van der Waals surface area contributed by atoms with Crippen molar-refractivity contribution in [2.75, 3.05) is 13.7 Å². The van der Waals surface area contributed by atoms with Crippen LogP contribution in [0.3, 0.4) is 0 Å². The van der Waals surface area contributed by atoms with E-state index < -0.39 is 5.97 Å². The van der Waals surface area contributed by atoms with Crippen molar-refractivity contribution in [1.82, 2.24) is 9.88 Å². The summed E-state index contributed by atoms with van der Waals surface area (Å²) in [5, 5.41) is 9.94. The summed E-state index contributed by atoms with van der Waals surface area (Å²) in [5.41, 5.74) is 1.86. The molecule has 122 valence electrons. The van der Waals surface area contributed by atoms with Crippen LogP contribution in [0.1, 0.15) is 24.8 Å². The largest absolute Gasteiger partial charge is 0.497 e. The summed E-state index contributed by atoms with van der Waals surface area (Å²) in [6.07, 6.45) is 3.76. The summed E-state index contributed by atoms with van der Waals surface area (Å²) in [6.45, 7) is 0.641. The summed E-state index contributed by atoms with van der Waals surface area (Å²) in [7, 11) is 1.61. The monoisotopic (exact) mass is 316 g/mol. The Morgan fingerprint density at radius 1 is 1.43 bits per heavy atom. The topological polar surface area (TPSA) is 82.6 Å². The highest BCUT2D eigenvalue weighted by Crippen LogP contribution is 2.26. The maximum atomic E-state index is 12.6. The first-order valence-electron chi connectivity index (χ1n) is 7.73. The lowest BCUT2D eigenvalue weighted by Crippen LogP contribution is -2.37. The molecule has 1 amide bonds. The fraction of sp³-hybridized carbons (Fsp3) is 0.412. The van der Waals surface area contributed by atoms with Crippen LogP contribution in [0, 0.1) is 0 Å². The first kappa shape index (κ1) is 15.4. The third-order valence-electron chi connectivity index (χ3n) is 4.42. The zero-order valence-corrected chi connectivity index (χ0v) is 13.0. The van der Waals surface area contributed by atoms with Crippen molar-refractivity contribution in [1.29, 1.82) is 0 Å².